The molecule has 24 heavy (non-hydrogen) atoms. The lowest BCUT2D eigenvalue weighted by atomic mass is 10.0. The van der Waals surface area contributed by atoms with Gasteiger partial charge in [-0.1, -0.05) is 6.07 Å². The number of amides is 1. The number of aryl methyl sites for hydroxylation is 2. The summed E-state index contributed by atoms with van der Waals surface area (Å²) in [6.45, 7) is 3.98. The third kappa shape index (κ3) is 3.12. The van der Waals surface area contributed by atoms with Crippen molar-refractivity contribution in [2.75, 3.05) is 5.32 Å². The molecular formula is C18H16N2O4. The van der Waals surface area contributed by atoms with Crippen LogP contribution in [0, 0.1) is 24.0 Å². The molecule has 0 fully saturated rings. The zero-order valence-corrected chi connectivity index (χ0v) is 13.3. The number of hydrogen-bond acceptors (Lipinski definition) is 4. The van der Waals surface area contributed by atoms with Gasteiger partial charge in [0.05, 0.1) is 17.6 Å². The molecule has 0 aliphatic heterocycles. The first-order valence-corrected chi connectivity index (χ1v) is 7.45. The van der Waals surface area contributed by atoms with E-state index in [1.54, 1.807) is 6.26 Å². The van der Waals surface area contributed by atoms with Crippen LogP contribution in [0.3, 0.4) is 0 Å². The number of nitrogens with one attached hydrogen (secondary N) is 1. The molecule has 122 valence electrons. The lowest BCUT2D eigenvalue weighted by molar-refractivity contribution is -0.384. The molecule has 0 unspecified atom stereocenters. The summed E-state index contributed by atoms with van der Waals surface area (Å²) >= 11 is 0. The van der Waals surface area contributed by atoms with Crippen LogP contribution < -0.4 is 5.32 Å². The second-order valence-electron chi connectivity index (χ2n) is 5.74. The van der Waals surface area contributed by atoms with Crippen LogP contribution in [-0.4, -0.2) is 10.8 Å². The van der Waals surface area contributed by atoms with Gasteiger partial charge in [0.15, 0.2) is 0 Å². The van der Waals surface area contributed by atoms with Gasteiger partial charge in [0.1, 0.15) is 5.58 Å². The summed E-state index contributed by atoms with van der Waals surface area (Å²) in [4.78, 5) is 22.4. The maximum absolute atomic E-state index is 12.2. The van der Waals surface area contributed by atoms with Crippen molar-refractivity contribution >= 4 is 28.3 Å². The number of rotatable bonds is 4. The van der Waals surface area contributed by atoms with Crippen LogP contribution in [0.4, 0.5) is 11.4 Å². The fraction of sp³-hybridized carbons (Fsp3) is 0.167. The number of anilines is 1. The topological polar surface area (TPSA) is 85.4 Å². The van der Waals surface area contributed by atoms with Crippen molar-refractivity contribution in [2.24, 2.45) is 0 Å². The number of nitro groups is 1. The molecule has 3 rings (SSSR count). The molecule has 0 atom stereocenters. The summed E-state index contributed by atoms with van der Waals surface area (Å²) in [5.74, 6) is -0.202. The van der Waals surface area contributed by atoms with Gasteiger partial charge in [-0.2, -0.15) is 0 Å². The number of fused-ring (bicyclic) bond motifs is 1. The molecule has 1 aromatic heterocycles. The number of carbonyl (C=O) groups is 1. The minimum atomic E-state index is -0.478. The molecule has 0 bridgehead atoms. The number of furan rings is 1. The van der Waals surface area contributed by atoms with E-state index in [0.29, 0.717) is 5.69 Å². The fourth-order valence-electron chi connectivity index (χ4n) is 2.80. The molecule has 1 amide bonds. The molecule has 1 N–H and O–H groups in total. The second-order valence-corrected chi connectivity index (χ2v) is 5.74. The lowest BCUT2D eigenvalue weighted by Crippen LogP contribution is -2.14. The number of carbonyl (C=O) groups excluding carboxylic acids is 1. The van der Waals surface area contributed by atoms with E-state index in [9.17, 15) is 14.9 Å². The van der Waals surface area contributed by atoms with Crippen LogP contribution in [0.1, 0.15) is 16.7 Å². The molecule has 6 nitrogen and oxygen atoms in total. The zero-order valence-electron chi connectivity index (χ0n) is 13.3. The zero-order chi connectivity index (χ0) is 17.3. The summed E-state index contributed by atoms with van der Waals surface area (Å²) in [6.07, 6.45) is 1.78. The minimum Gasteiger partial charge on any atom is -0.464 e. The monoisotopic (exact) mass is 324 g/mol. The van der Waals surface area contributed by atoms with E-state index in [4.69, 9.17) is 4.42 Å². The maximum atomic E-state index is 12.2. The van der Waals surface area contributed by atoms with Gasteiger partial charge < -0.3 is 9.73 Å². The minimum absolute atomic E-state index is 0.0141. The highest BCUT2D eigenvalue weighted by atomic mass is 16.6. The molecule has 2 aromatic carbocycles. The van der Waals surface area contributed by atoms with Crippen LogP contribution in [0.15, 0.2) is 47.1 Å². The summed E-state index contributed by atoms with van der Waals surface area (Å²) < 4.78 is 5.55. The Bertz CT molecular complexity index is 926. The normalized spacial score (nSPS) is 10.8. The van der Waals surface area contributed by atoms with Crippen molar-refractivity contribution in [3.63, 3.8) is 0 Å². The Labute approximate surface area is 138 Å². The van der Waals surface area contributed by atoms with Gasteiger partial charge >= 0.3 is 0 Å². The van der Waals surface area contributed by atoms with E-state index in [-0.39, 0.29) is 18.0 Å². The molecule has 6 heteroatoms. The highest BCUT2D eigenvalue weighted by Gasteiger charge is 2.13. The first kappa shape index (κ1) is 15.7. The van der Waals surface area contributed by atoms with Gasteiger partial charge in [0.25, 0.3) is 5.69 Å². The average Bonchev–Trinajstić information content (AvgIpc) is 2.90. The van der Waals surface area contributed by atoms with E-state index in [1.165, 1.54) is 24.3 Å². The largest absolute Gasteiger partial charge is 0.464 e. The number of hydrogen-bond donors (Lipinski definition) is 1. The molecule has 0 spiro atoms. The van der Waals surface area contributed by atoms with E-state index < -0.39 is 4.92 Å². The highest BCUT2D eigenvalue weighted by Crippen LogP contribution is 2.27. The summed E-state index contributed by atoms with van der Waals surface area (Å²) in [5.41, 5.74) is 4.27. The first-order valence-electron chi connectivity index (χ1n) is 7.45. The Morgan fingerprint density at radius 3 is 2.58 bits per heavy atom. The van der Waals surface area contributed by atoms with E-state index in [1.807, 2.05) is 19.9 Å². The van der Waals surface area contributed by atoms with Crippen LogP contribution in [0.5, 0.6) is 0 Å². The van der Waals surface area contributed by atoms with Crippen LogP contribution in [0.2, 0.25) is 0 Å². The smallest absolute Gasteiger partial charge is 0.269 e. The van der Waals surface area contributed by atoms with Gasteiger partial charge in [0.2, 0.25) is 5.91 Å². The van der Waals surface area contributed by atoms with Crippen LogP contribution >= 0.6 is 0 Å². The molecule has 0 saturated carbocycles. The van der Waals surface area contributed by atoms with Crippen molar-refractivity contribution in [3.8, 4) is 0 Å². The molecule has 3 aromatic rings. The molecule has 0 aliphatic rings. The fourth-order valence-corrected chi connectivity index (χ4v) is 2.80. The molecule has 0 saturated heterocycles. The maximum Gasteiger partial charge on any atom is 0.269 e. The van der Waals surface area contributed by atoms with Gasteiger partial charge in [-0.25, -0.2) is 0 Å². The SMILES string of the molecule is Cc1cc(C)c2c(CC(=O)Nc3ccc([N+](=O)[O-])cc3)coc2c1. The Morgan fingerprint density at radius 1 is 1.21 bits per heavy atom. The van der Waals surface area contributed by atoms with Gasteiger partial charge in [-0.3, -0.25) is 14.9 Å². The summed E-state index contributed by atoms with van der Waals surface area (Å²) in [6, 6.07) is 9.73. The quantitative estimate of drug-likeness (QED) is 0.577. The first-order chi connectivity index (χ1) is 11.4. The van der Waals surface area contributed by atoms with E-state index in [2.05, 4.69) is 11.4 Å². The Hall–Kier alpha value is -3.15. The standard InChI is InChI=1S/C18H16N2O4/c1-11-7-12(2)18-13(10-24-16(18)8-11)9-17(21)19-14-3-5-15(6-4-14)20(22)23/h3-8,10H,9H2,1-2H3,(H,19,21). The predicted octanol–water partition coefficient (Wildman–Crippen LogP) is 4.14. The third-order valence-corrected chi connectivity index (χ3v) is 3.81. The lowest BCUT2D eigenvalue weighted by Gasteiger charge is -2.05. The Kier molecular flexibility index (Phi) is 4.04. The van der Waals surface area contributed by atoms with E-state index >= 15 is 0 Å². The molecular weight excluding hydrogens is 308 g/mol. The molecule has 1 heterocycles. The van der Waals surface area contributed by atoms with Crippen LogP contribution in [-0.2, 0) is 11.2 Å². The Morgan fingerprint density at radius 2 is 1.92 bits per heavy atom. The number of benzene rings is 2. The van der Waals surface area contributed by atoms with Crippen LogP contribution in [0.25, 0.3) is 11.0 Å². The van der Waals surface area contributed by atoms with Crippen molar-refractivity contribution in [1.82, 2.24) is 0 Å². The van der Waals surface area contributed by atoms with Crippen molar-refractivity contribution in [3.05, 3.63) is 69.5 Å². The Balaban J connectivity index is 1.76. The van der Waals surface area contributed by atoms with Crippen molar-refractivity contribution in [2.45, 2.75) is 20.3 Å². The van der Waals surface area contributed by atoms with Crippen molar-refractivity contribution in [1.29, 1.82) is 0 Å². The number of nitrogens with zero attached hydrogens (tertiary/aromatic N) is 1. The summed E-state index contributed by atoms with van der Waals surface area (Å²) in [5, 5.41) is 14.3. The molecule has 0 aliphatic carbocycles. The van der Waals surface area contributed by atoms with E-state index in [0.717, 1.165) is 27.7 Å². The van der Waals surface area contributed by atoms with Crippen molar-refractivity contribution < 1.29 is 14.1 Å². The van der Waals surface area contributed by atoms with Gasteiger partial charge in [-0.15, -0.1) is 0 Å². The molecule has 0 radical (unpaired) electrons. The number of non-ortho nitro benzene ring substituents is 1. The van der Waals surface area contributed by atoms with Gasteiger partial charge in [0, 0.05) is 28.8 Å². The third-order valence-electron chi connectivity index (χ3n) is 3.81. The number of nitro benzene ring substituents is 1. The average molecular weight is 324 g/mol. The highest BCUT2D eigenvalue weighted by molar-refractivity contribution is 5.96. The van der Waals surface area contributed by atoms with Gasteiger partial charge in [-0.05, 0) is 43.2 Å². The second kappa shape index (κ2) is 6.16. The predicted molar refractivity (Wildman–Crippen MR) is 91.1 cm³/mol. The summed E-state index contributed by atoms with van der Waals surface area (Å²) in [7, 11) is 0.